The Morgan fingerprint density at radius 2 is 1.37 bits per heavy atom. The van der Waals surface area contributed by atoms with Gasteiger partial charge in [-0.3, -0.25) is 0 Å². The fourth-order valence-electron chi connectivity index (χ4n) is 5.17. The van der Waals surface area contributed by atoms with Gasteiger partial charge in [0.25, 0.3) is 8.32 Å². The Labute approximate surface area is 211 Å². The van der Waals surface area contributed by atoms with E-state index in [0.29, 0.717) is 19.1 Å². The van der Waals surface area contributed by atoms with Crippen LogP contribution in [0.1, 0.15) is 39.7 Å². The molecule has 0 saturated carbocycles. The first-order valence-electron chi connectivity index (χ1n) is 12.5. The normalized spacial score (nSPS) is 18.4. The third-order valence-corrected chi connectivity index (χ3v) is 12.1. The van der Waals surface area contributed by atoms with Gasteiger partial charge in [-0.15, -0.1) is 0 Å². The highest BCUT2D eigenvalue weighted by Crippen LogP contribution is 2.41. The second-order valence-corrected chi connectivity index (χ2v) is 14.8. The van der Waals surface area contributed by atoms with E-state index >= 15 is 0 Å². The van der Waals surface area contributed by atoms with Crippen LogP contribution in [-0.2, 0) is 15.8 Å². The summed E-state index contributed by atoms with van der Waals surface area (Å²) in [7, 11) is -0.936. The number of methoxy groups -OCH3 is 1. The van der Waals surface area contributed by atoms with Crippen molar-refractivity contribution in [2.24, 2.45) is 5.92 Å². The maximum Gasteiger partial charge on any atom is 0.261 e. The number of benzene rings is 3. The third kappa shape index (κ3) is 5.45. The van der Waals surface area contributed by atoms with E-state index in [1.807, 2.05) is 12.1 Å². The highest BCUT2D eigenvalue weighted by Gasteiger charge is 2.52. The Balaban J connectivity index is 1.60. The Morgan fingerprint density at radius 3 is 1.89 bits per heavy atom. The Kier molecular flexibility index (Phi) is 7.95. The van der Waals surface area contributed by atoms with Crippen LogP contribution in [0.15, 0.2) is 96.6 Å². The Bertz CT molecular complexity index is 1060. The SMILES string of the molecule is COc1ccc(COCC2=CC[C@@H](C)[C@@H]2O[Si](c2ccccc2)(c2ccccc2)C(C)(C)C)cc1. The average Bonchev–Trinajstić information content (AvgIpc) is 3.22. The molecule has 0 saturated heterocycles. The van der Waals surface area contributed by atoms with Crippen molar-refractivity contribution in [1.29, 1.82) is 0 Å². The molecular weight excluding hydrogens is 448 g/mol. The predicted molar refractivity (Wildman–Crippen MR) is 147 cm³/mol. The minimum absolute atomic E-state index is 0.0390. The molecule has 0 amide bonds. The molecule has 0 bridgehead atoms. The fraction of sp³-hybridized carbons (Fsp3) is 0.355. The minimum Gasteiger partial charge on any atom is -0.497 e. The highest BCUT2D eigenvalue weighted by atomic mass is 28.4. The summed E-state index contributed by atoms with van der Waals surface area (Å²) < 4.78 is 18.9. The van der Waals surface area contributed by atoms with Crippen molar-refractivity contribution in [2.75, 3.05) is 13.7 Å². The molecule has 1 aliphatic rings. The summed E-state index contributed by atoms with van der Waals surface area (Å²) in [6.07, 6.45) is 3.39. The van der Waals surface area contributed by atoms with Gasteiger partial charge in [-0.05, 0) is 51.0 Å². The molecule has 3 aromatic rings. The molecule has 0 heterocycles. The minimum atomic E-state index is -2.62. The fourth-order valence-corrected chi connectivity index (χ4v) is 9.95. The summed E-state index contributed by atoms with van der Waals surface area (Å²) in [6.45, 7) is 10.5. The molecule has 0 aliphatic heterocycles. The monoisotopic (exact) mass is 486 g/mol. The first kappa shape index (κ1) is 25.4. The zero-order chi connectivity index (χ0) is 24.9. The maximum absolute atomic E-state index is 7.47. The van der Waals surface area contributed by atoms with Crippen molar-refractivity contribution in [2.45, 2.75) is 51.9 Å². The third-order valence-electron chi connectivity index (χ3n) is 7.05. The van der Waals surface area contributed by atoms with E-state index in [9.17, 15) is 0 Å². The molecular formula is C31H38O3Si. The Hall–Kier alpha value is -2.66. The van der Waals surface area contributed by atoms with Gasteiger partial charge in [0.1, 0.15) is 5.75 Å². The molecule has 3 aromatic carbocycles. The van der Waals surface area contributed by atoms with Gasteiger partial charge in [0.15, 0.2) is 0 Å². The lowest BCUT2D eigenvalue weighted by Crippen LogP contribution is -2.68. The van der Waals surface area contributed by atoms with E-state index in [4.69, 9.17) is 13.9 Å². The predicted octanol–water partition coefficient (Wildman–Crippen LogP) is 6.12. The van der Waals surface area contributed by atoms with Crippen LogP contribution in [0.5, 0.6) is 5.75 Å². The number of allylic oxidation sites excluding steroid dienone is 1. The topological polar surface area (TPSA) is 27.7 Å². The van der Waals surface area contributed by atoms with Gasteiger partial charge in [0, 0.05) is 0 Å². The average molecular weight is 487 g/mol. The lowest BCUT2D eigenvalue weighted by atomic mass is 10.1. The van der Waals surface area contributed by atoms with Crippen LogP contribution in [0.3, 0.4) is 0 Å². The van der Waals surface area contributed by atoms with Crippen molar-refractivity contribution in [3.8, 4) is 5.75 Å². The van der Waals surface area contributed by atoms with Crippen LogP contribution in [0.4, 0.5) is 0 Å². The smallest absolute Gasteiger partial charge is 0.261 e. The summed E-state index contributed by atoms with van der Waals surface area (Å²) in [5.41, 5.74) is 2.40. The molecule has 4 heteroatoms. The molecule has 0 fully saturated rings. The first-order valence-corrected chi connectivity index (χ1v) is 14.4. The highest BCUT2D eigenvalue weighted by molar-refractivity contribution is 6.99. The van der Waals surface area contributed by atoms with Gasteiger partial charge in [-0.2, -0.15) is 0 Å². The quantitative estimate of drug-likeness (QED) is 0.269. The number of ether oxygens (including phenoxy) is 2. The van der Waals surface area contributed by atoms with Crippen molar-refractivity contribution in [3.05, 3.63) is 102 Å². The van der Waals surface area contributed by atoms with Crippen molar-refractivity contribution < 1.29 is 13.9 Å². The van der Waals surface area contributed by atoms with Crippen LogP contribution in [-0.4, -0.2) is 28.1 Å². The first-order chi connectivity index (χ1) is 16.8. The van der Waals surface area contributed by atoms with Gasteiger partial charge in [0.2, 0.25) is 0 Å². The largest absolute Gasteiger partial charge is 0.497 e. The van der Waals surface area contributed by atoms with Crippen LogP contribution >= 0.6 is 0 Å². The molecule has 0 radical (unpaired) electrons. The van der Waals surface area contributed by atoms with Gasteiger partial charge in [-0.25, -0.2) is 0 Å². The number of hydrogen-bond donors (Lipinski definition) is 0. The van der Waals surface area contributed by atoms with Crippen LogP contribution in [0.25, 0.3) is 0 Å². The molecule has 1 aliphatic carbocycles. The summed E-state index contributed by atoms with van der Waals surface area (Å²) in [5, 5.41) is 2.58. The molecule has 0 aromatic heterocycles. The van der Waals surface area contributed by atoms with Crippen LogP contribution in [0, 0.1) is 5.92 Å². The van der Waals surface area contributed by atoms with Crippen molar-refractivity contribution >= 4 is 18.7 Å². The molecule has 2 atom stereocenters. The summed E-state index contributed by atoms with van der Waals surface area (Å²) in [6, 6.07) is 29.8. The van der Waals surface area contributed by atoms with Gasteiger partial charge in [0.05, 0.1) is 26.4 Å². The van der Waals surface area contributed by atoms with E-state index in [1.54, 1.807) is 7.11 Å². The zero-order valence-electron chi connectivity index (χ0n) is 21.7. The Morgan fingerprint density at radius 1 is 0.800 bits per heavy atom. The van der Waals surface area contributed by atoms with Crippen LogP contribution < -0.4 is 15.1 Å². The lowest BCUT2D eigenvalue weighted by Gasteiger charge is -2.45. The van der Waals surface area contributed by atoms with E-state index in [-0.39, 0.29) is 11.1 Å². The van der Waals surface area contributed by atoms with Gasteiger partial charge >= 0.3 is 0 Å². The van der Waals surface area contributed by atoms with E-state index in [0.717, 1.165) is 17.7 Å². The molecule has 0 N–H and O–H groups in total. The maximum atomic E-state index is 7.47. The second-order valence-electron chi connectivity index (χ2n) is 10.5. The zero-order valence-corrected chi connectivity index (χ0v) is 22.7. The molecule has 0 spiro atoms. The lowest BCUT2D eigenvalue weighted by molar-refractivity contribution is 0.111. The summed E-state index contributed by atoms with van der Waals surface area (Å²) >= 11 is 0. The molecule has 4 rings (SSSR count). The molecule has 3 nitrogen and oxygen atoms in total. The van der Waals surface area contributed by atoms with Gasteiger partial charge < -0.3 is 13.9 Å². The molecule has 0 unspecified atom stereocenters. The van der Waals surface area contributed by atoms with E-state index in [1.165, 1.54) is 15.9 Å². The van der Waals surface area contributed by atoms with Crippen molar-refractivity contribution in [3.63, 3.8) is 0 Å². The summed E-state index contributed by atoms with van der Waals surface area (Å²) in [5.74, 6) is 1.27. The van der Waals surface area contributed by atoms with Gasteiger partial charge in [-0.1, -0.05) is 107 Å². The molecule has 184 valence electrons. The van der Waals surface area contributed by atoms with Crippen molar-refractivity contribution in [1.82, 2.24) is 0 Å². The van der Waals surface area contributed by atoms with Crippen LogP contribution in [0.2, 0.25) is 5.04 Å². The second kappa shape index (κ2) is 10.9. The van der Waals surface area contributed by atoms with E-state index in [2.05, 4.69) is 107 Å². The number of hydrogen-bond acceptors (Lipinski definition) is 3. The standard InChI is InChI=1S/C31H38O3Si/c1-24-16-19-26(23-33-22-25-17-20-27(32-5)21-18-25)30(24)34-35(31(2,3)4,28-12-8-6-9-13-28)29-14-10-7-11-15-29/h6-15,17-21,24,30H,16,22-23H2,1-5H3/t24-,30+/m1/s1. The molecule has 35 heavy (non-hydrogen) atoms. The number of rotatable bonds is 9. The van der Waals surface area contributed by atoms with E-state index < -0.39 is 8.32 Å². The summed E-state index contributed by atoms with van der Waals surface area (Å²) in [4.78, 5) is 0.